The smallest absolute Gasteiger partial charge is 0.137 e. The number of hydrogen-bond acceptors (Lipinski definition) is 3. The molecule has 0 radical (unpaired) electrons. The first kappa shape index (κ1) is 29.2. The van der Waals surface area contributed by atoms with Gasteiger partial charge in [0.2, 0.25) is 0 Å². The van der Waals surface area contributed by atoms with Crippen LogP contribution >= 0.6 is 0 Å². The second kappa shape index (κ2) is 10.7. The molecule has 8 aromatic carbocycles. The molecule has 0 atom stereocenters. The van der Waals surface area contributed by atoms with Gasteiger partial charge in [0.25, 0.3) is 0 Å². The van der Waals surface area contributed by atoms with Gasteiger partial charge in [0.05, 0.1) is 11.1 Å². The standard InChI is InChI=1S/C49H33NO2/c1-49(2)40-19-10-8-16-34(40)35-25-23-31(27-41(35)49)50(42-20-12-22-44-48(42)37-18-9-11-21-43(37)51-44)32-24-26-38-45(28-32)52-46-29-39(30-13-4-3-5-14-30)33-15-6-7-17-36(33)47(38)46/h3-29H,1-2H3. The lowest BCUT2D eigenvalue weighted by Gasteiger charge is -2.28. The molecule has 0 bridgehead atoms. The van der Waals surface area contributed by atoms with Gasteiger partial charge in [-0.1, -0.05) is 123 Å². The van der Waals surface area contributed by atoms with Crippen LogP contribution in [-0.2, 0) is 5.41 Å². The summed E-state index contributed by atoms with van der Waals surface area (Å²) in [5.41, 5.74) is 14.2. The molecule has 0 saturated carbocycles. The van der Waals surface area contributed by atoms with E-state index in [2.05, 4.69) is 170 Å². The Morgan fingerprint density at radius 2 is 1.06 bits per heavy atom. The van der Waals surface area contributed by atoms with Crippen molar-refractivity contribution in [2.45, 2.75) is 19.3 Å². The maximum Gasteiger partial charge on any atom is 0.137 e. The Bertz CT molecular complexity index is 3050. The van der Waals surface area contributed by atoms with Crippen molar-refractivity contribution in [1.82, 2.24) is 0 Å². The lowest BCUT2D eigenvalue weighted by atomic mass is 9.82. The molecule has 2 aromatic heterocycles. The summed E-state index contributed by atoms with van der Waals surface area (Å²) in [4.78, 5) is 2.38. The highest BCUT2D eigenvalue weighted by Crippen LogP contribution is 2.52. The van der Waals surface area contributed by atoms with Gasteiger partial charge < -0.3 is 13.7 Å². The molecular formula is C49H33NO2. The van der Waals surface area contributed by atoms with Crippen molar-refractivity contribution in [3.63, 3.8) is 0 Å². The van der Waals surface area contributed by atoms with Crippen molar-refractivity contribution in [1.29, 1.82) is 0 Å². The second-order valence-corrected chi connectivity index (χ2v) is 14.5. The average Bonchev–Trinajstić information content (AvgIpc) is 3.83. The summed E-state index contributed by atoms with van der Waals surface area (Å²) in [7, 11) is 0. The first-order chi connectivity index (χ1) is 25.5. The molecular weight excluding hydrogens is 635 g/mol. The Labute approximate surface area is 301 Å². The molecule has 0 N–H and O–H groups in total. The van der Waals surface area contributed by atoms with Crippen LogP contribution in [-0.4, -0.2) is 0 Å². The van der Waals surface area contributed by atoms with E-state index in [1.165, 1.54) is 44.2 Å². The van der Waals surface area contributed by atoms with Crippen LogP contribution in [0.4, 0.5) is 17.1 Å². The van der Waals surface area contributed by atoms with E-state index in [1.54, 1.807) is 0 Å². The zero-order chi connectivity index (χ0) is 34.6. The summed E-state index contributed by atoms with van der Waals surface area (Å²) in [6, 6.07) is 58.6. The van der Waals surface area contributed by atoms with E-state index in [0.29, 0.717) is 0 Å². The molecule has 246 valence electrons. The first-order valence-electron chi connectivity index (χ1n) is 17.9. The third-order valence-corrected chi connectivity index (χ3v) is 11.3. The molecule has 1 aliphatic carbocycles. The number of anilines is 3. The van der Waals surface area contributed by atoms with Gasteiger partial charge in [0.15, 0.2) is 0 Å². The van der Waals surface area contributed by atoms with E-state index in [-0.39, 0.29) is 5.41 Å². The van der Waals surface area contributed by atoms with Gasteiger partial charge in [0.1, 0.15) is 22.3 Å². The minimum Gasteiger partial charge on any atom is -0.456 e. The zero-order valence-corrected chi connectivity index (χ0v) is 28.9. The van der Waals surface area contributed by atoms with Gasteiger partial charge in [-0.15, -0.1) is 0 Å². The second-order valence-electron chi connectivity index (χ2n) is 14.5. The van der Waals surface area contributed by atoms with Crippen molar-refractivity contribution < 1.29 is 8.83 Å². The van der Waals surface area contributed by atoms with Crippen molar-refractivity contribution in [2.24, 2.45) is 0 Å². The fraction of sp³-hybridized carbons (Fsp3) is 0.0612. The topological polar surface area (TPSA) is 29.5 Å². The van der Waals surface area contributed by atoms with Crippen LogP contribution in [0.5, 0.6) is 0 Å². The zero-order valence-electron chi connectivity index (χ0n) is 28.9. The van der Waals surface area contributed by atoms with E-state index in [0.717, 1.165) is 60.9 Å². The predicted molar refractivity (Wildman–Crippen MR) is 216 cm³/mol. The monoisotopic (exact) mass is 667 g/mol. The Balaban J connectivity index is 1.17. The van der Waals surface area contributed by atoms with Gasteiger partial charge in [0, 0.05) is 39.0 Å². The Hall–Kier alpha value is -6.58. The summed E-state index contributed by atoms with van der Waals surface area (Å²) in [6.45, 7) is 4.68. The van der Waals surface area contributed by atoms with Crippen LogP contribution in [0.1, 0.15) is 25.0 Å². The van der Waals surface area contributed by atoms with Crippen LogP contribution < -0.4 is 4.90 Å². The number of nitrogens with zero attached hydrogens (tertiary/aromatic N) is 1. The Morgan fingerprint density at radius 3 is 1.94 bits per heavy atom. The normalized spacial score (nSPS) is 13.3. The maximum absolute atomic E-state index is 6.83. The lowest BCUT2D eigenvalue weighted by Crippen LogP contribution is -2.16. The Morgan fingerprint density at radius 1 is 0.404 bits per heavy atom. The molecule has 0 unspecified atom stereocenters. The molecule has 0 amide bonds. The number of rotatable bonds is 4. The van der Waals surface area contributed by atoms with Gasteiger partial charge >= 0.3 is 0 Å². The molecule has 52 heavy (non-hydrogen) atoms. The van der Waals surface area contributed by atoms with Gasteiger partial charge in [-0.2, -0.15) is 0 Å². The third kappa shape index (κ3) is 4.08. The molecule has 0 saturated heterocycles. The predicted octanol–water partition coefficient (Wildman–Crippen LogP) is 14.1. The van der Waals surface area contributed by atoms with Crippen molar-refractivity contribution in [3.8, 4) is 22.3 Å². The fourth-order valence-corrected chi connectivity index (χ4v) is 8.83. The minimum absolute atomic E-state index is 0.137. The largest absolute Gasteiger partial charge is 0.456 e. The van der Waals surface area contributed by atoms with Crippen molar-refractivity contribution >= 4 is 71.7 Å². The van der Waals surface area contributed by atoms with E-state index in [9.17, 15) is 0 Å². The first-order valence-corrected chi connectivity index (χ1v) is 17.9. The maximum atomic E-state index is 6.83. The molecule has 0 fully saturated rings. The van der Waals surface area contributed by atoms with Crippen LogP contribution in [0.3, 0.4) is 0 Å². The summed E-state index contributed by atoms with van der Waals surface area (Å²) < 4.78 is 13.3. The fourth-order valence-electron chi connectivity index (χ4n) is 8.83. The number of benzene rings is 8. The van der Waals surface area contributed by atoms with Crippen molar-refractivity contribution in [3.05, 3.63) is 175 Å². The van der Waals surface area contributed by atoms with E-state index in [1.807, 2.05) is 12.1 Å². The van der Waals surface area contributed by atoms with Gasteiger partial charge in [-0.05, 0) is 92.7 Å². The van der Waals surface area contributed by atoms with Crippen LogP contribution in [0.2, 0.25) is 0 Å². The Kier molecular flexibility index (Phi) is 6.01. The summed E-state index contributed by atoms with van der Waals surface area (Å²) >= 11 is 0. The number of fused-ring (bicyclic) bond motifs is 11. The van der Waals surface area contributed by atoms with Crippen LogP contribution in [0.25, 0.3) is 76.9 Å². The SMILES string of the molecule is CC1(C)c2ccccc2-c2ccc(N(c3ccc4c(c3)oc3cc(-c5ccccc5)c5ccccc5c34)c3cccc4oc5ccccc5c34)cc21. The molecule has 11 rings (SSSR count). The molecule has 3 nitrogen and oxygen atoms in total. The average molecular weight is 668 g/mol. The molecule has 3 heteroatoms. The number of furan rings is 2. The highest BCUT2D eigenvalue weighted by atomic mass is 16.3. The summed E-state index contributed by atoms with van der Waals surface area (Å²) in [5.74, 6) is 0. The van der Waals surface area contributed by atoms with E-state index >= 15 is 0 Å². The molecule has 0 spiro atoms. The quantitative estimate of drug-likeness (QED) is 0.187. The summed E-state index contributed by atoms with van der Waals surface area (Å²) in [6.07, 6.45) is 0. The molecule has 10 aromatic rings. The molecule has 0 aliphatic heterocycles. The van der Waals surface area contributed by atoms with E-state index < -0.39 is 0 Å². The number of para-hydroxylation sites is 1. The molecule has 2 heterocycles. The van der Waals surface area contributed by atoms with Gasteiger partial charge in [-0.3, -0.25) is 0 Å². The highest BCUT2D eigenvalue weighted by Gasteiger charge is 2.36. The molecule has 1 aliphatic rings. The van der Waals surface area contributed by atoms with E-state index in [4.69, 9.17) is 8.83 Å². The van der Waals surface area contributed by atoms with Crippen LogP contribution in [0, 0.1) is 0 Å². The van der Waals surface area contributed by atoms with Crippen LogP contribution in [0.15, 0.2) is 173 Å². The minimum atomic E-state index is -0.137. The van der Waals surface area contributed by atoms with Crippen molar-refractivity contribution in [2.75, 3.05) is 4.90 Å². The summed E-state index contributed by atoms with van der Waals surface area (Å²) in [5, 5.41) is 6.84. The highest BCUT2D eigenvalue weighted by molar-refractivity contribution is 6.22. The lowest BCUT2D eigenvalue weighted by molar-refractivity contribution is 0.660. The third-order valence-electron chi connectivity index (χ3n) is 11.3. The van der Waals surface area contributed by atoms with Gasteiger partial charge in [-0.25, -0.2) is 0 Å². The number of hydrogen-bond donors (Lipinski definition) is 0.